The molecule has 1 unspecified atom stereocenters. The fraction of sp³-hybridized carbons (Fsp3) is 0.214. The minimum absolute atomic E-state index is 0.223. The van der Waals surface area contributed by atoms with Crippen LogP contribution in [0.1, 0.15) is 18.4 Å². The van der Waals surface area contributed by atoms with Gasteiger partial charge in [0.25, 0.3) is 0 Å². The maximum atomic E-state index is 11.4. The zero-order valence-corrected chi connectivity index (χ0v) is 9.81. The highest BCUT2D eigenvalue weighted by atomic mass is 16.5. The van der Waals surface area contributed by atoms with Crippen molar-refractivity contribution >= 4 is 16.7 Å². The summed E-state index contributed by atoms with van der Waals surface area (Å²) in [6, 6.07) is 10.9. The Morgan fingerprint density at radius 2 is 1.88 bits per heavy atom. The third kappa shape index (κ3) is 2.23. The zero-order chi connectivity index (χ0) is 12.4. The maximum Gasteiger partial charge on any atom is 0.312 e. The number of carbonyl (C=O) groups is 1. The van der Waals surface area contributed by atoms with Gasteiger partial charge in [0.2, 0.25) is 0 Å². The number of carbonyl (C=O) groups excluding carboxylic acids is 1. The number of fused-ring (bicyclic) bond motifs is 1. The van der Waals surface area contributed by atoms with Gasteiger partial charge in [0.15, 0.2) is 0 Å². The molecule has 1 atom stereocenters. The highest BCUT2D eigenvalue weighted by molar-refractivity contribution is 5.86. The smallest absolute Gasteiger partial charge is 0.312 e. The molecular weight excluding hydrogens is 216 g/mol. The fourth-order valence-electron chi connectivity index (χ4n) is 1.83. The Kier molecular flexibility index (Phi) is 3.00. The number of benzene rings is 2. The summed E-state index contributed by atoms with van der Waals surface area (Å²) >= 11 is 0. The van der Waals surface area contributed by atoms with Crippen molar-refractivity contribution in [3.05, 3.63) is 42.0 Å². The van der Waals surface area contributed by atoms with Gasteiger partial charge < -0.3 is 9.84 Å². The number of rotatable bonds is 2. The van der Waals surface area contributed by atoms with Gasteiger partial charge >= 0.3 is 5.97 Å². The quantitative estimate of drug-likeness (QED) is 0.807. The Morgan fingerprint density at radius 3 is 2.59 bits per heavy atom. The van der Waals surface area contributed by atoms with Gasteiger partial charge in [0, 0.05) is 0 Å². The van der Waals surface area contributed by atoms with Crippen molar-refractivity contribution in [1.82, 2.24) is 0 Å². The lowest BCUT2D eigenvalue weighted by Crippen LogP contribution is -2.10. The summed E-state index contributed by atoms with van der Waals surface area (Å²) in [5, 5.41) is 11.4. The summed E-state index contributed by atoms with van der Waals surface area (Å²) in [7, 11) is 1.38. The minimum atomic E-state index is -0.299. The van der Waals surface area contributed by atoms with Crippen molar-refractivity contribution < 1.29 is 14.6 Å². The highest BCUT2D eigenvalue weighted by Gasteiger charge is 2.15. The standard InChI is InChI=1S/C14H14O3/c1-9(14(16)17-2)11-4-3-10-5-6-13(15)8-12(10)7-11/h3-9,15H,1-2H3. The average Bonchev–Trinajstić information content (AvgIpc) is 2.36. The molecule has 0 aliphatic carbocycles. The fourth-order valence-corrected chi connectivity index (χ4v) is 1.83. The van der Waals surface area contributed by atoms with E-state index in [4.69, 9.17) is 4.74 Å². The largest absolute Gasteiger partial charge is 0.508 e. The van der Waals surface area contributed by atoms with E-state index in [2.05, 4.69) is 0 Å². The van der Waals surface area contributed by atoms with Gasteiger partial charge in [-0.25, -0.2) is 0 Å². The van der Waals surface area contributed by atoms with E-state index in [0.29, 0.717) is 0 Å². The normalized spacial score (nSPS) is 12.4. The minimum Gasteiger partial charge on any atom is -0.508 e. The second kappa shape index (κ2) is 4.45. The molecule has 0 radical (unpaired) electrons. The maximum absolute atomic E-state index is 11.4. The van der Waals surface area contributed by atoms with Crippen LogP contribution in [0, 0.1) is 0 Å². The Labute approximate surface area is 99.6 Å². The molecule has 0 spiro atoms. The number of ether oxygens (including phenoxy) is 1. The van der Waals surface area contributed by atoms with Crippen LogP contribution in [0.25, 0.3) is 10.8 Å². The molecule has 0 amide bonds. The molecule has 17 heavy (non-hydrogen) atoms. The van der Waals surface area contributed by atoms with E-state index in [9.17, 15) is 9.90 Å². The van der Waals surface area contributed by atoms with E-state index in [1.807, 2.05) is 24.3 Å². The van der Waals surface area contributed by atoms with Gasteiger partial charge in [-0.3, -0.25) is 4.79 Å². The molecule has 0 saturated carbocycles. The van der Waals surface area contributed by atoms with Gasteiger partial charge in [-0.05, 0) is 35.4 Å². The summed E-state index contributed by atoms with van der Waals surface area (Å²) in [5.74, 6) is -0.336. The number of esters is 1. The van der Waals surface area contributed by atoms with Crippen LogP contribution < -0.4 is 0 Å². The van der Waals surface area contributed by atoms with E-state index in [0.717, 1.165) is 16.3 Å². The third-order valence-electron chi connectivity index (χ3n) is 2.90. The molecule has 1 N–H and O–H groups in total. The van der Waals surface area contributed by atoms with Gasteiger partial charge in [-0.1, -0.05) is 24.3 Å². The molecule has 2 aromatic rings. The molecule has 0 aromatic heterocycles. The lowest BCUT2D eigenvalue weighted by Gasteiger charge is -2.10. The first-order valence-electron chi connectivity index (χ1n) is 5.42. The summed E-state index contributed by atoms with van der Waals surface area (Å²) in [4.78, 5) is 11.4. The Hall–Kier alpha value is -2.03. The summed E-state index contributed by atoms with van der Waals surface area (Å²) in [6.07, 6.45) is 0. The van der Waals surface area contributed by atoms with Crippen molar-refractivity contribution in [3.63, 3.8) is 0 Å². The molecule has 0 heterocycles. The lowest BCUT2D eigenvalue weighted by atomic mass is 9.98. The lowest BCUT2D eigenvalue weighted by molar-refractivity contribution is -0.141. The van der Waals surface area contributed by atoms with Crippen LogP contribution in [0.2, 0.25) is 0 Å². The number of phenolic OH excluding ortho intramolecular Hbond substituents is 1. The Morgan fingerprint density at radius 1 is 1.18 bits per heavy atom. The molecule has 0 aliphatic rings. The molecule has 2 rings (SSSR count). The summed E-state index contributed by atoms with van der Waals surface area (Å²) in [5.41, 5.74) is 0.884. The molecule has 3 heteroatoms. The first-order valence-corrected chi connectivity index (χ1v) is 5.42. The molecule has 88 valence electrons. The third-order valence-corrected chi connectivity index (χ3v) is 2.90. The second-order valence-electron chi connectivity index (χ2n) is 4.04. The van der Waals surface area contributed by atoms with E-state index in [1.165, 1.54) is 7.11 Å². The summed E-state index contributed by atoms with van der Waals surface area (Å²) in [6.45, 7) is 1.80. The number of hydrogen-bond acceptors (Lipinski definition) is 3. The Balaban J connectivity index is 2.46. The van der Waals surface area contributed by atoms with Crippen LogP contribution in [0.15, 0.2) is 36.4 Å². The molecule has 0 bridgehead atoms. The first-order chi connectivity index (χ1) is 8.11. The van der Waals surface area contributed by atoms with E-state index in [1.54, 1.807) is 19.1 Å². The monoisotopic (exact) mass is 230 g/mol. The summed E-state index contributed by atoms with van der Waals surface area (Å²) < 4.78 is 4.71. The number of hydrogen-bond donors (Lipinski definition) is 1. The molecule has 0 saturated heterocycles. The van der Waals surface area contributed by atoms with Crippen LogP contribution in [-0.2, 0) is 9.53 Å². The first kappa shape index (κ1) is 11.5. The molecule has 0 aliphatic heterocycles. The van der Waals surface area contributed by atoms with Crippen LogP contribution in [0.5, 0.6) is 5.75 Å². The van der Waals surface area contributed by atoms with Gasteiger partial charge in [0.05, 0.1) is 13.0 Å². The topological polar surface area (TPSA) is 46.5 Å². The SMILES string of the molecule is COC(=O)C(C)c1ccc2ccc(O)cc2c1. The Bertz CT molecular complexity index is 560. The average molecular weight is 230 g/mol. The van der Waals surface area contributed by atoms with E-state index >= 15 is 0 Å². The van der Waals surface area contributed by atoms with Crippen LogP contribution in [0.4, 0.5) is 0 Å². The zero-order valence-electron chi connectivity index (χ0n) is 9.81. The van der Waals surface area contributed by atoms with Crippen molar-refractivity contribution in [1.29, 1.82) is 0 Å². The number of phenols is 1. The van der Waals surface area contributed by atoms with E-state index in [-0.39, 0.29) is 17.6 Å². The van der Waals surface area contributed by atoms with Crippen molar-refractivity contribution in [3.8, 4) is 5.75 Å². The van der Waals surface area contributed by atoms with Crippen LogP contribution in [-0.4, -0.2) is 18.2 Å². The van der Waals surface area contributed by atoms with Gasteiger partial charge in [0.1, 0.15) is 5.75 Å². The number of methoxy groups -OCH3 is 1. The predicted molar refractivity (Wildman–Crippen MR) is 66.0 cm³/mol. The van der Waals surface area contributed by atoms with Crippen molar-refractivity contribution in [2.75, 3.05) is 7.11 Å². The predicted octanol–water partition coefficient (Wildman–Crippen LogP) is 2.82. The molecular formula is C14H14O3. The molecule has 0 fully saturated rings. The molecule has 2 aromatic carbocycles. The molecule has 3 nitrogen and oxygen atoms in total. The number of aromatic hydroxyl groups is 1. The van der Waals surface area contributed by atoms with Crippen molar-refractivity contribution in [2.45, 2.75) is 12.8 Å². The van der Waals surface area contributed by atoms with Crippen molar-refractivity contribution in [2.24, 2.45) is 0 Å². The van der Waals surface area contributed by atoms with Crippen LogP contribution in [0.3, 0.4) is 0 Å². The van der Waals surface area contributed by atoms with Crippen LogP contribution >= 0.6 is 0 Å². The van der Waals surface area contributed by atoms with Gasteiger partial charge in [-0.2, -0.15) is 0 Å². The van der Waals surface area contributed by atoms with E-state index < -0.39 is 0 Å². The highest BCUT2D eigenvalue weighted by Crippen LogP contribution is 2.25. The second-order valence-corrected chi connectivity index (χ2v) is 4.04. The van der Waals surface area contributed by atoms with Gasteiger partial charge in [-0.15, -0.1) is 0 Å².